The number of carbonyl (C=O) groups is 1. The van der Waals surface area contributed by atoms with Gasteiger partial charge in [0.2, 0.25) is 5.78 Å². The molecule has 0 radical (unpaired) electrons. The molecule has 3 aromatic rings. The molecule has 3 aromatic carbocycles. The minimum Gasteiger partial charge on any atom is -0.493 e. The van der Waals surface area contributed by atoms with Crippen LogP contribution in [0, 0.1) is 0 Å². The molecule has 2 heterocycles. The Bertz CT molecular complexity index is 1210. The summed E-state index contributed by atoms with van der Waals surface area (Å²) >= 11 is 6.00. The van der Waals surface area contributed by atoms with Gasteiger partial charge in [-0.05, 0) is 48.5 Å². The largest absolute Gasteiger partial charge is 0.493 e. The van der Waals surface area contributed by atoms with Crippen LogP contribution >= 0.6 is 11.6 Å². The monoisotopic (exact) mass is 448 g/mol. The highest BCUT2D eigenvalue weighted by Gasteiger charge is 2.43. The molecule has 0 saturated heterocycles. The molecular formula is C25H21ClN2O4. The van der Waals surface area contributed by atoms with E-state index in [1.807, 2.05) is 42.5 Å². The first-order chi connectivity index (χ1) is 15.6. The van der Waals surface area contributed by atoms with E-state index in [9.17, 15) is 4.79 Å². The molecule has 0 fully saturated rings. The van der Waals surface area contributed by atoms with Crippen molar-refractivity contribution in [2.75, 3.05) is 14.2 Å². The van der Waals surface area contributed by atoms with Crippen molar-refractivity contribution in [2.45, 2.75) is 18.7 Å². The Balaban J connectivity index is 1.55. The summed E-state index contributed by atoms with van der Waals surface area (Å²) < 4.78 is 17.0. The summed E-state index contributed by atoms with van der Waals surface area (Å²) in [5.74, 6) is 1.81. The maximum atomic E-state index is 13.4. The van der Waals surface area contributed by atoms with E-state index in [-0.39, 0.29) is 11.8 Å². The van der Waals surface area contributed by atoms with Crippen LogP contribution in [0.4, 0.5) is 0 Å². The number of ether oxygens (including phenoxy) is 3. The van der Waals surface area contributed by atoms with Gasteiger partial charge in [-0.25, -0.2) is 5.01 Å². The fourth-order valence-electron chi connectivity index (χ4n) is 4.15. The number of hydrogen-bond acceptors (Lipinski definition) is 6. The number of rotatable bonds is 5. The quantitative estimate of drug-likeness (QED) is 0.507. The molecule has 7 heteroatoms. The Labute approximate surface area is 191 Å². The topological polar surface area (TPSA) is 60.4 Å². The molecule has 0 spiro atoms. The van der Waals surface area contributed by atoms with Crippen molar-refractivity contribution in [3.63, 3.8) is 0 Å². The molecule has 0 N–H and O–H groups in total. The third-order valence-electron chi connectivity index (χ3n) is 5.77. The van der Waals surface area contributed by atoms with E-state index in [1.165, 1.54) is 0 Å². The number of para-hydroxylation sites is 1. The molecule has 5 rings (SSSR count). The molecule has 2 atom stereocenters. The molecule has 0 amide bonds. The Kier molecular flexibility index (Phi) is 5.23. The van der Waals surface area contributed by atoms with Gasteiger partial charge in [0.1, 0.15) is 5.75 Å². The van der Waals surface area contributed by atoms with Crippen molar-refractivity contribution in [1.82, 2.24) is 5.01 Å². The normalized spacial score (nSPS) is 18.8. The van der Waals surface area contributed by atoms with Crippen LogP contribution in [0.25, 0.3) is 0 Å². The highest BCUT2D eigenvalue weighted by molar-refractivity contribution is 6.30. The van der Waals surface area contributed by atoms with Crippen LogP contribution in [-0.4, -0.2) is 37.0 Å². The number of benzene rings is 3. The molecule has 2 aliphatic heterocycles. The van der Waals surface area contributed by atoms with Gasteiger partial charge >= 0.3 is 0 Å². The van der Waals surface area contributed by atoms with E-state index in [0.717, 1.165) is 16.8 Å². The number of fused-ring (bicyclic) bond motifs is 3. The first-order valence-electron chi connectivity index (χ1n) is 10.2. The van der Waals surface area contributed by atoms with E-state index >= 15 is 0 Å². The van der Waals surface area contributed by atoms with Gasteiger partial charge in [0, 0.05) is 28.1 Å². The summed E-state index contributed by atoms with van der Waals surface area (Å²) in [5, 5.41) is 7.18. The Hall–Kier alpha value is -3.51. The predicted molar refractivity (Wildman–Crippen MR) is 122 cm³/mol. The standard InChI is InChI=1S/C25H21ClN2O4/c1-30-22-12-9-16(13-23(22)31-2)19-14-20-18-5-3-4-6-21(18)32-25(28(20)27-19)24(29)15-7-10-17(26)11-8-15/h3-13,20,25H,14H2,1-2H3/t20-,25-/m1/s1. The first kappa shape index (κ1) is 20.4. The second kappa shape index (κ2) is 8.20. The fourth-order valence-corrected chi connectivity index (χ4v) is 4.28. The number of halogens is 1. The minimum absolute atomic E-state index is 0.107. The average molecular weight is 449 g/mol. The smallest absolute Gasteiger partial charge is 0.251 e. The number of Topliss-reactive ketones (excluding diaryl/α,β-unsaturated/α-hetero) is 1. The van der Waals surface area contributed by atoms with Crippen molar-refractivity contribution in [3.05, 3.63) is 88.4 Å². The average Bonchev–Trinajstić information content (AvgIpc) is 3.29. The maximum absolute atomic E-state index is 13.4. The molecular weight excluding hydrogens is 428 g/mol. The van der Waals surface area contributed by atoms with Gasteiger partial charge in [0.05, 0.1) is 26.0 Å². The minimum atomic E-state index is -0.867. The number of ketones is 1. The molecule has 162 valence electrons. The van der Waals surface area contributed by atoms with Gasteiger partial charge in [-0.3, -0.25) is 4.79 Å². The number of methoxy groups -OCH3 is 2. The zero-order chi connectivity index (χ0) is 22.2. The summed E-state index contributed by atoms with van der Waals surface area (Å²) in [6.45, 7) is 0. The molecule has 0 aromatic heterocycles. The molecule has 32 heavy (non-hydrogen) atoms. The predicted octanol–water partition coefficient (Wildman–Crippen LogP) is 5.11. The summed E-state index contributed by atoms with van der Waals surface area (Å²) in [6.07, 6.45) is -0.228. The molecule has 6 nitrogen and oxygen atoms in total. The highest BCUT2D eigenvalue weighted by Crippen LogP contribution is 2.44. The maximum Gasteiger partial charge on any atom is 0.251 e. The van der Waals surface area contributed by atoms with Crippen LogP contribution in [-0.2, 0) is 0 Å². The lowest BCUT2D eigenvalue weighted by molar-refractivity contribution is -0.00455. The molecule has 0 unspecified atom stereocenters. The van der Waals surface area contributed by atoms with Crippen LogP contribution in [0.2, 0.25) is 5.02 Å². The van der Waals surface area contributed by atoms with Crippen LogP contribution < -0.4 is 14.2 Å². The van der Waals surface area contributed by atoms with Crippen LogP contribution in [0.3, 0.4) is 0 Å². The Morgan fingerprint density at radius 2 is 1.78 bits per heavy atom. The third-order valence-corrected chi connectivity index (χ3v) is 6.02. The molecule has 0 aliphatic carbocycles. The van der Waals surface area contributed by atoms with E-state index in [2.05, 4.69) is 0 Å². The van der Waals surface area contributed by atoms with Crippen LogP contribution in [0.15, 0.2) is 71.8 Å². The first-order valence-corrected chi connectivity index (χ1v) is 10.6. The van der Waals surface area contributed by atoms with Crippen LogP contribution in [0.1, 0.15) is 33.9 Å². The fraction of sp³-hybridized carbons (Fsp3) is 0.200. The summed E-state index contributed by atoms with van der Waals surface area (Å²) in [6, 6.07) is 20.2. The van der Waals surface area contributed by atoms with Gasteiger partial charge in [0.15, 0.2) is 11.5 Å². The third kappa shape index (κ3) is 3.46. The van der Waals surface area contributed by atoms with Gasteiger partial charge in [-0.1, -0.05) is 29.8 Å². The zero-order valence-corrected chi connectivity index (χ0v) is 18.4. The van der Waals surface area contributed by atoms with Crippen molar-refractivity contribution >= 4 is 23.1 Å². The second-order valence-corrected chi connectivity index (χ2v) is 8.03. The lowest BCUT2D eigenvalue weighted by Gasteiger charge is -2.37. The summed E-state index contributed by atoms with van der Waals surface area (Å²) in [4.78, 5) is 13.4. The molecule has 0 saturated carbocycles. The van der Waals surface area contributed by atoms with Crippen molar-refractivity contribution < 1.29 is 19.0 Å². The lowest BCUT2D eigenvalue weighted by atomic mass is 9.95. The van der Waals surface area contributed by atoms with Crippen LogP contribution in [0.5, 0.6) is 17.2 Å². The van der Waals surface area contributed by atoms with Gasteiger partial charge in [-0.15, -0.1) is 0 Å². The SMILES string of the molecule is COc1ccc(C2=NN3[C@@H](C(=O)c4ccc(Cl)cc4)Oc4ccccc4[C@H]3C2)cc1OC. The molecule has 0 bridgehead atoms. The van der Waals surface area contributed by atoms with Gasteiger partial charge in [0.25, 0.3) is 6.23 Å². The van der Waals surface area contributed by atoms with E-state index < -0.39 is 6.23 Å². The number of hydrogen-bond donors (Lipinski definition) is 0. The highest BCUT2D eigenvalue weighted by atomic mass is 35.5. The van der Waals surface area contributed by atoms with E-state index in [4.69, 9.17) is 30.9 Å². The van der Waals surface area contributed by atoms with Gasteiger partial charge < -0.3 is 14.2 Å². The van der Waals surface area contributed by atoms with Gasteiger partial charge in [-0.2, -0.15) is 5.10 Å². The summed E-state index contributed by atoms with van der Waals surface area (Å²) in [7, 11) is 3.21. The molecule has 2 aliphatic rings. The Morgan fingerprint density at radius 3 is 2.53 bits per heavy atom. The Morgan fingerprint density at radius 1 is 1.03 bits per heavy atom. The second-order valence-electron chi connectivity index (χ2n) is 7.60. The number of nitrogens with zero attached hydrogens (tertiary/aromatic N) is 2. The zero-order valence-electron chi connectivity index (χ0n) is 17.6. The summed E-state index contributed by atoms with van der Waals surface area (Å²) in [5.41, 5.74) is 3.29. The number of hydrazone groups is 1. The number of carbonyl (C=O) groups excluding carboxylic acids is 1. The lowest BCUT2D eigenvalue weighted by Crippen LogP contribution is -2.45. The van der Waals surface area contributed by atoms with E-state index in [1.54, 1.807) is 43.5 Å². The van der Waals surface area contributed by atoms with Crippen molar-refractivity contribution in [2.24, 2.45) is 5.10 Å². The van der Waals surface area contributed by atoms with Crippen molar-refractivity contribution in [1.29, 1.82) is 0 Å². The van der Waals surface area contributed by atoms with Crippen molar-refractivity contribution in [3.8, 4) is 17.2 Å². The van der Waals surface area contributed by atoms with E-state index in [0.29, 0.717) is 34.3 Å².